The number of nitrogens with one attached hydrogen (secondary N) is 1. The maximum atomic E-state index is 10.1. The fourth-order valence-electron chi connectivity index (χ4n) is 1.86. The number of rotatable bonds is 7. The quantitative estimate of drug-likeness (QED) is 0.550. The van der Waals surface area contributed by atoms with Gasteiger partial charge in [-0.3, -0.25) is 4.79 Å². The normalized spacial score (nSPS) is 17.4. The Morgan fingerprint density at radius 2 is 2.12 bits per heavy atom. The Balaban J connectivity index is 2.33. The van der Waals surface area contributed by atoms with Crippen LogP contribution < -0.4 is 11.1 Å². The summed E-state index contributed by atoms with van der Waals surface area (Å²) < 4.78 is 0. The molecule has 1 unspecified atom stereocenters. The minimum Gasteiger partial charge on any atom is -0.391 e. The summed E-state index contributed by atoms with van der Waals surface area (Å²) in [7, 11) is 0. The van der Waals surface area contributed by atoms with Gasteiger partial charge in [-0.1, -0.05) is 12.2 Å². The molecule has 16 heavy (non-hydrogen) atoms. The zero-order valence-electron chi connectivity index (χ0n) is 9.48. The van der Waals surface area contributed by atoms with Crippen LogP contribution in [0.4, 0.5) is 0 Å². The van der Waals surface area contributed by atoms with Crippen LogP contribution in [-0.2, 0) is 4.79 Å². The van der Waals surface area contributed by atoms with E-state index in [1.807, 2.05) is 0 Å². The van der Waals surface area contributed by atoms with Crippen molar-refractivity contribution < 1.29 is 9.90 Å². The van der Waals surface area contributed by atoms with Gasteiger partial charge in [0, 0.05) is 13.1 Å². The van der Waals surface area contributed by atoms with Crippen molar-refractivity contribution in [2.24, 2.45) is 5.73 Å². The molecule has 0 aromatic heterocycles. The predicted molar refractivity (Wildman–Crippen MR) is 63.8 cm³/mol. The molecule has 0 saturated carbocycles. The summed E-state index contributed by atoms with van der Waals surface area (Å²) >= 11 is 0. The largest absolute Gasteiger partial charge is 0.391 e. The van der Waals surface area contributed by atoms with Crippen molar-refractivity contribution >= 4 is 6.41 Å². The summed E-state index contributed by atoms with van der Waals surface area (Å²) in [6.45, 7) is 0.882. The molecule has 4 heteroatoms. The van der Waals surface area contributed by atoms with E-state index in [4.69, 9.17) is 5.73 Å². The molecule has 1 atom stereocenters. The van der Waals surface area contributed by atoms with Crippen molar-refractivity contribution in [2.75, 3.05) is 13.1 Å². The van der Waals surface area contributed by atoms with Gasteiger partial charge in [0.15, 0.2) is 0 Å². The fraction of sp³-hybridized carbons (Fsp3) is 0.583. The molecule has 0 radical (unpaired) electrons. The van der Waals surface area contributed by atoms with Gasteiger partial charge in [-0.15, -0.1) is 0 Å². The standard InChI is InChI=1S/C12H20N2O2/c13-7-11-4-2-1-3-10(11)5-6-12(16)8-14-9-15/h3-4,9,12,16H,1-2,5-8,13H2,(H,14,15). The lowest BCUT2D eigenvalue weighted by Crippen LogP contribution is -2.25. The van der Waals surface area contributed by atoms with Crippen LogP contribution in [-0.4, -0.2) is 30.7 Å². The van der Waals surface area contributed by atoms with Crippen molar-refractivity contribution in [3.63, 3.8) is 0 Å². The smallest absolute Gasteiger partial charge is 0.207 e. The van der Waals surface area contributed by atoms with E-state index in [2.05, 4.69) is 17.5 Å². The summed E-state index contributed by atoms with van der Waals surface area (Å²) in [4.78, 5) is 10.1. The number of hydrogen-bond donors (Lipinski definition) is 3. The molecule has 90 valence electrons. The van der Waals surface area contributed by atoms with Crippen LogP contribution in [0, 0.1) is 0 Å². The Labute approximate surface area is 96.2 Å². The first-order chi connectivity index (χ1) is 7.77. The second-order valence-corrected chi connectivity index (χ2v) is 3.96. The molecule has 0 aromatic carbocycles. The first-order valence-corrected chi connectivity index (χ1v) is 5.71. The topological polar surface area (TPSA) is 75.3 Å². The van der Waals surface area contributed by atoms with Gasteiger partial charge in [-0.05, 0) is 36.8 Å². The summed E-state index contributed by atoms with van der Waals surface area (Å²) in [6.07, 6.45) is 8.09. The maximum absolute atomic E-state index is 10.1. The second kappa shape index (κ2) is 7.19. The highest BCUT2D eigenvalue weighted by molar-refractivity contribution is 5.45. The van der Waals surface area contributed by atoms with E-state index in [9.17, 15) is 9.90 Å². The Hall–Kier alpha value is -1.13. The van der Waals surface area contributed by atoms with Crippen molar-refractivity contribution in [2.45, 2.75) is 31.8 Å². The molecule has 0 bridgehead atoms. The Bertz CT molecular complexity index is 285. The lowest BCUT2D eigenvalue weighted by Gasteiger charge is -2.16. The summed E-state index contributed by atoms with van der Waals surface area (Å²) in [5, 5.41) is 12.0. The Morgan fingerprint density at radius 3 is 2.75 bits per heavy atom. The third-order valence-corrected chi connectivity index (χ3v) is 2.76. The minimum absolute atomic E-state index is 0.318. The van der Waals surface area contributed by atoms with Gasteiger partial charge in [0.05, 0.1) is 6.10 Å². The number of aliphatic hydroxyl groups is 1. The molecule has 4 nitrogen and oxygen atoms in total. The van der Waals surface area contributed by atoms with Crippen LogP contribution in [0.25, 0.3) is 0 Å². The lowest BCUT2D eigenvalue weighted by atomic mass is 9.93. The summed E-state index contributed by atoms with van der Waals surface area (Å²) in [5.74, 6) is 0. The van der Waals surface area contributed by atoms with E-state index in [1.165, 1.54) is 11.1 Å². The number of allylic oxidation sites excluding steroid dienone is 2. The number of carbonyl (C=O) groups is 1. The molecule has 0 spiro atoms. The molecule has 0 fully saturated rings. The van der Waals surface area contributed by atoms with Gasteiger partial charge in [0.1, 0.15) is 0 Å². The number of aliphatic hydroxyl groups excluding tert-OH is 1. The van der Waals surface area contributed by atoms with E-state index < -0.39 is 6.10 Å². The van der Waals surface area contributed by atoms with Crippen LogP contribution in [0.1, 0.15) is 25.7 Å². The molecule has 1 aliphatic rings. The average Bonchev–Trinajstić information content (AvgIpc) is 2.34. The van der Waals surface area contributed by atoms with E-state index >= 15 is 0 Å². The second-order valence-electron chi connectivity index (χ2n) is 3.96. The van der Waals surface area contributed by atoms with Gasteiger partial charge in [0.25, 0.3) is 0 Å². The molecule has 1 rings (SSSR count). The first kappa shape index (κ1) is 12.9. The highest BCUT2D eigenvalue weighted by Gasteiger charge is 2.10. The Kier molecular flexibility index (Phi) is 5.82. The number of hydrogen-bond acceptors (Lipinski definition) is 3. The highest BCUT2D eigenvalue weighted by atomic mass is 16.3. The van der Waals surface area contributed by atoms with Crippen molar-refractivity contribution in [1.82, 2.24) is 5.32 Å². The first-order valence-electron chi connectivity index (χ1n) is 5.71. The summed E-state index contributed by atoms with van der Waals surface area (Å²) in [5.41, 5.74) is 8.10. The SMILES string of the molecule is NCC1=CCCC=C1CCC(O)CNC=O. The van der Waals surface area contributed by atoms with E-state index in [0.29, 0.717) is 25.9 Å². The monoisotopic (exact) mass is 224 g/mol. The molecule has 4 N–H and O–H groups in total. The van der Waals surface area contributed by atoms with Crippen molar-refractivity contribution in [3.05, 3.63) is 23.3 Å². The van der Waals surface area contributed by atoms with Gasteiger partial charge < -0.3 is 16.2 Å². The predicted octanol–water partition coefficient (Wildman–Crippen LogP) is 0.479. The van der Waals surface area contributed by atoms with Crippen molar-refractivity contribution in [3.8, 4) is 0 Å². The van der Waals surface area contributed by atoms with Crippen LogP contribution in [0.5, 0.6) is 0 Å². The van der Waals surface area contributed by atoms with E-state index in [1.54, 1.807) is 0 Å². The molecular weight excluding hydrogens is 204 g/mol. The van der Waals surface area contributed by atoms with E-state index in [0.717, 1.165) is 19.3 Å². The molecule has 0 aliphatic heterocycles. The lowest BCUT2D eigenvalue weighted by molar-refractivity contribution is -0.109. The fourth-order valence-corrected chi connectivity index (χ4v) is 1.86. The average molecular weight is 224 g/mol. The zero-order valence-corrected chi connectivity index (χ0v) is 9.48. The van der Waals surface area contributed by atoms with Gasteiger partial charge in [-0.25, -0.2) is 0 Å². The van der Waals surface area contributed by atoms with Crippen LogP contribution in [0.15, 0.2) is 23.3 Å². The van der Waals surface area contributed by atoms with Crippen LogP contribution in [0.3, 0.4) is 0 Å². The van der Waals surface area contributed by atoms with Crippen LogP contribution in [0.2, 0.25) is 0 Å². The molecule has 0 saturated heterocycles. The highest BCUT2D eigenvalue weighted by Crippen LogP contribution is 2.22. The molecular formula is C12H20N2O2. The maximum Gasteiger partial charge on any atom is 0.207 e. The van der Waals surface area contributed by atoms with Gasteiger partial charge in [0.2, 0.25) is 6.41 Å². The zero-order chi connectivity index (χ0) is 11.8. The molecule has 1 amide bonds. The third-order valence-electron chi connectivity index (χ3n) is 2.76. The van der Waals surface area contributed by atoms with E-state index in [-0.39, 0.29) is 0 Å². The number of carbonyl (C=O) groups excluding carboxylic acids is 1. The minimum atomic E-state index is -0.480. The molecule has 0 heterocycles. The number of amides is 1. The summed E-state index contributed by atoms with van der Waals surface area (Å²) in [6, 6.07) is 0. The third kappa shape index (κ3) is 4.16. The van der Waals surface area contributed by atoms with Crippen molar-refractivity contribution in [1.29, 1.82) is 0 Å². The van der Waals surface area contributed by atoms with Gasteiger partial charge >= 0.3 is 0 Å². The molecule has 0 aromatic rings. The van der Waals surface area contributed by atoms with Crippen LogP contribution >= 0.6 is 0 Å². The number of nitrogens with two attached hydrogens (primary N) is 1. The Morgan fingerprint density at radius 1 is 1.44 bits per heavy atom. The molecule has 1 aliphatic carbocycles. The van der Waals surface area contributed by atoms with Gasteiger partial charge in [-0.2, -0.15) is 0 Å².